The molecular weight excluding hydrogens is 268 g/mol. The minimum atomic E-state index is -0.735. The first-order valence-electron chi connectivity index (χ1n) is 5.24. The highest BCUT2D eigenvalue weighted by molar-refractivity contribution is 7.98. The van der Waals surface area contributed by atoms with Crippen LogP contribution in [-0.2, 0) is 9.59 Å². The Bertz CT molecular complexity index is 582. The zero-order valence-corrected chi connectivity index (χ0v) is 11.0. The lowest BCUT2D eigenvalue weighted by Crippen LogP contribution is -2.52. The number of urea groups is 1. The zero-order valence-electron chi connectivity index (χ0n) is 10.2. The number of likely N-dealkylation sites (N-methyl/N-ethyl adjacent to an activating group) is 1. The van der Waals surface area contributed by atoms with E-state index >= 15 is 0 Å². The van der Waals surface area contributed by atoms with Gasteiger partial charge in [0.15, 0.2) is 5.16 Å². The van der Waals surface area contributed by atoms with Crippen molar-refractivity contribution in [2.75, 3.05) is 13.3 Å². The van der Waals surface area contributed by atoms with E-state index in [0.717, 1.165) is 4.90 Å². The number of aromatic nitrogens is 2. The molecule has 2 rings (SSSR count). The standard InChI is InChI=1S/C11H10N4O3S/c1-15-9(17)7(8(16)14-11(15)18)3-6-4-12-10(19-2)13-5-6/h3-5H,1-2H3,(H,14,16,18). The summed E-state index contributed by atoms with van der Waals surface area (Å²) >= 11 is 1.38. The molecule has 1 aromatic heterocycles. The van der Waals surface area contributed by atoms with E-state index in [2.05, 4.69) is 15.3 Å². The first kappa shape index (κ1) is 13.2. The molecule has 7 nitrogen and oxygen atoms in total. The predicted octanol–water partition coefficient (Wildman–Crippen LogP) is 0.290. The quantitative estimate of drug-likeness (QED) is 0.362. The number of thioether (sulfide) groups is 1. The van der Waals surface area contributed by atoms with Crippen LogP contribution in [0, 0.1) is 0 Å². The van der Waals surface area contributed by atoms with Crippen LogP contribution in [0.5, 0.6) is 0 Å². The van der Waals surface area contributed by atoms with Crippen molar-refractivity contribution in [3.05, 3.63) is 23.5 Å². The summed E-state index contributed by atoms with van der Waals surface area (Å²) in [6.07, 6.45) is 6.20. The maximum absolute atomic E-state index is 11.8. The summed E-state index contributed by atoms with van der Waals surface area (Å²) in [4.78, 5) is 43.5. The van der Waals surface area contributed by atoms with Gasteiger partial charge in [-0.2, -0.15) is 0 Å². The van der Waals surface area contributed by atoms with E-state index in [4.69, 9.17) is 0 Å². The Morgan fingerprint density at radius 2 is 1.89 bits per heavy atom. The lowest BCUT2D eigenvalue weighted by atomic mass is 10.1. The summed E-state index contributed by atoms with van der Waals surface area (Å²) in [6.45, 7) is 0. The van der Waals surface area contributed by atoms with Gasteiger partial charge < -0.3 is 0 Å². The molecule has 0 radical (unpaired) electrons. The van der Waals surface area contributed by atoms with Gasteiger partial charge in [0.2, 0.25) is 0 Å². The molecule has 1 aliphatic heterocycles. The third-order valence-electron chi connectivity index (χ3n) is 2.45. The molecule has 1 aromatic rings. The Morgan fingerprint density at radius 3 is 2.47 bits per heavy atom. The Balaban J connectivity index is 2.33. The molecule has 1 aliphatic rings. The molecule has 0 atom stereocenters. The number of rotatable bonds is 2. The second-order valence-electron chi connectivity index (χ2n) is 3.68. The van der Waals surface area contributed by atoms with Gasteiger partial charge in [-0.05, 0) is 12.3 Å². The van der Waals surface area contributed by atoms with E-state index in [1.54, 1.807) is 0 Å². The molecule has 0 aromatic carbocycles. The molecule has 2 heterocycles. The monoisotopic (exact) mass is 278 g/mol. The Morgan fingerprint density at radius 1 is 1.26 bits per heavy atom. The molecule has 98 valence electrons. The van der Waals surface area contributed by atoms with E-state index in [0.29, 0.717) is 10.7 Å². The van der Waals surface area contributed by atoms with Gasteiger partial charge in [-0.25, -0.2) is 14.8 Å². The number of nitrogens with one attached hydrogen (secondary N) is 1. The number of carbonyl (C=O) groups is 3. The van der Waals surface area contributed by atoms with Gasteiger partial charge in [-0.3, -0.25) is 19.8 Å². The van der Waals surface area contributed by atoms with Gasteiger partial charge in [0, 0.05) is 25.0 Å². The van der Waals surface area contributed by atoms with Crippen molar-refractivity contribution in [3.63, 3.8) is 0 Å². The molecule has 0 bridgehead atoms. The highest BCUT2D eigenvalue weighted by Gasteiger charge is 2.32. The van der Waals surface area contributed by atoms with Crippen LogP contribution in [0.25, 0.3) is 6.08 Å². The molecule has 8 heteroatoms. The maximum atomic E-state index is 11.8. The number of amides is 4. The number of hydrogen-bond donors (Lipinski definition) is 1. The Kier molecular flexibility index (Phi) is 3.61. The fourth-order valence-electron chi connectivity index (χ4n) is 1.42. The van der Waals surface area contributed by atoms with Crippen molar-refractivity contribution in [2.24, 2.45) is 0 Å². The highest BCUT2D eigenvalue weighted by Crippen LogP contribution is 2.13. The molecule has 1 saturated heterocycles. The van der Waals surface area contributed by atoms with E-state index in [9.17, 15) is 14.4 Å². The molecule has 0 unspecified atom stereocenters. The largest absolute Gasteiger partial charge is 0.331 e. The molecular formula is C11H10N4O3S. The van der Waals surface area contributed by atoms with Crippen molar-refractivity contribution in [3.8, 4) is 0 Å². The smallest absolute Gasteiger partial charge is 0.273 e. The summed E-state index contributed by atoms with van der Waals surface area (Å²) in [5.41, 5.74) is 0.390. The Labute approximate surface area is 113 Å². The van der Waals surface area contributed by atoms with E-state index in [1.807, 2.05) is 6.26 Å². The molecule has 1 N–H and O–H groups in total. The minimum absolute atomic E-state index is 0.123. The van der Waals surface area contributed by atoms with Crippen molar-refractivity contribution < 1.29 is 14.4 Å². The van der Waals surface area contributed by atoms with E-state index in [1.165, 1.54) is 37.3 Å². The van der Waals surface area contributed by atoms with Crippen LogP contribution in [0.15, 0.2) is 23.1 Å². The third-order valence-corrected chi connectivity index (χ3v) is 3.02. The van der Waals surface area contributed by atoms with Crippen molar-refractivity contribution in [2.45, 2.75) is 5.16 Å². The van der Waals surface area contributed by atoms with Gasteiger partial charge in [-0.1, -0.05) is 11.8 Å². The lowest BCUT2D eigenvalue weighted by molar-refractivity contribution is -0.129. The SMILES string of the molecule is CSc1ncc(C=C2C(=O)NC(=O)N(C)C2=O)cn1. The highest BCUT2D eigenvalue weighted by atomic mass is 32.2. The lowest BCUT2D eigenvalue weighted by Gasteiger charge is -2.22. The van der Waals surface area contributed by atoms with Gasteiger partial charge in [0.1, 0.15) is 5.57 Å². The van der Waals surface area contributed by atoms with Crippen molar-refractivity contribution in [1.82, 2.24) is 20.2 Å². The van der Waals surface area contributed by atoms with Gasteiger partial charge >= 0.3 is 6.03 Å². The third kappa shape index (κ3) is 2.63. The van der Waals surface area contributed by atoms with Crippen LogP contribution in [0.3, 0.4) is 0 Å². The summed E-state index contributed by atoms with van der Waals surface area (Å²) in [7, 11) is 1.30. The fraction of sp³-hybridized carbons (Fsp3) is 0.182. The minimum Gasteiger partial charge on any atom is -0.273 e. The fourth-order valence-corrected chi connectivity index (χ4v) is 1.73. The number of nitrogens with zero attached hydrogens (tertiary/aromatic N) is 3. The average Bonchev–Trinajstić information content (AvgIpc) is 2.42. The number of carbonyl (C=O) groups excluding carboxylic acids is 3. The van der Waals surface area contributed by atoms with Crippen LogP contribution in [0.1, 0.15) is 5.56 Å². The zero-order chi connectivity index (χ0) is 14.0. The van der Waals surface area contributed by atoms with Crippen LogP contribution < -0.4 is 5.32 Å². The molecule has 4 amide bonds. The Hall–Kier alpha value is -2.22. The van der Waals surface area contributed by atoms with Gasteiger partial charge in [-0.15, -0.1) is 0 Å². The van der Waals surface area contributed by atoms with E-state index < -0.39 is 17.8 Å². The topological polar surface area (TPSA) is 92.3 Å². The first-order chi connectivity index (χ1) is 9.02. The number of barbiturate groups is 1. The van der Waals surface area contributed by atoms with Crippen LogP contribution in [0.2, 0.25) is 0 Å². The number of hydrogen-bond acceptors (Lipinski definition) is 6. The van der Waals surface area contributed by atoms with Gasteiger partial charge in [0.25, 0.3) is 11.8 Å². The van der Waals surface area contributed by atoms with Gasteiger partial charge in [0.05, 0.1) is 0 Å². The molecule has 19 heavy (non-hydrogen) atoms. The summed E-state index contributed by atoms with van der Waals surface area (Å²) in [6, 6.07) is -0.735. The molecule has 0 saturated carbocycles. The van der Waals surface area contributed by atoms with Crippen molar-refractivity contribution in [1.29, 1.82) is 0 Å². The maximum Gasteiger partial charge on any atom is 0.331 e. The van der Waals surface area contributed by atoms with Crippen LogP contribution >= 0.6 is 11.8 Å². The van der Waals surface area contributed by atoms with Crippen molar-refractivity contribution >= 4 is 35.7 Å². The molecule has 0 spiro atoms. The second-order valence-corrected chi connectivity index (χ2v) is 4.46. The second kappa shape index (κ2) is 5.19. The number of imide groups is 2. The van der Waals surface area contributed by atoms with E-state index in [-0.39, 0.29) is 5.57 Å². The summed E-state index contributed by atoms with van der Waals surface area (Å²) < 4.78 is 0. The first-order valence-corrected chi connectivity index (χ1v) is 6.46. The average molecular weight is 278 g/mol. The summed E-state index contributed by atoms with van der Waals surface area (Å²) in [5.74, 6) is -1.37. The van der Waals surface area contributed by atoms with Crippen LogP contribution in [-0.4, -0.2) is 46.0 Å². The molecule has 0 aliphatic carbocycles. The van der Waals surface area contributed by atoms with Crippen LogP contribution in [0.4, 0.5) is 4.79 Å². The normalized spacial score (nSPS) is 17.9. The predicted molar refractivity (Wildman–Crippen MR) is 68.1 cm³/mol. The molecule has 1 fully saturated rings. The summed E-state index contributed by atoms with van der Waals surface area (Å²) in [5, 5.41) is 2.66.